The molecule has 1 fully saturated rings. The number of hydrogen-bond donors (Lipinski definition) is 1. The first-order valence-corrected chi connectivity index (χ1v) is 15.4. The Labute approximate surface area is 282 Å². The van der Waals surface area contributed by atoms with Crippen molar-refractivity contribution in [2.24, 2.45) is 0 Å². The van der Waals surface area contributed by atoms with Crippen LogP contribution in [0.25, 0.3) is 0 Å². The van der Waals surface area contributed by atoms with Crippen LogP contribution in [-0.4, -0.2) is 30.6 Å². The fourth-order valence-electron chi connectivity index (χ4n) is 5.89. The predicted octanol–water partition coefficient (Wildman–Crippen LogP) is 10.7. The van der Waals surface area contributed by atoms with E-state index < -0.39 is 11.7 Å². The van der Waals surface area contributed by atoms with Crippen LogP contribution in [0.1, 0.15) is 60.3 Å². The average Bonchev–Trinajstić information content (AvgIpc) is 3.52. The fourth-order valence-corrected chi connectivity index (χ4v) is 6.18. The van der Waals surface area contributed by atoms with Gasteiger partial charge in [-0.15, -0.1) is 24.8 Å². The van der Waals surface area contributed by atoms with Crippen LogP contribution in [0.15, 0.2) is 103 Å². The van der Waals surface area contributed by atoms with Crippen molar-refractivity contribution in [2.75, 3.05) is 25.0 Å². The van der Waals surface area contributed by atoms with E-state index in [1.165, 1.54) is 31.7 Å². The predicted molar refractivity (Wildman–Crippen MR) is 183 cm³/mol. The van der Waals surface area contributed by atoms with Crippen LogP contribution >= 0.6 is 36.4 Å². The third-order valence-electron chi connectivity index (χ3n) is 8.07. The molecule has 0 aromatic heterocycles. The molecule has 9 heteroatoms. The van der Waals surface area contributed by atoms with Gasteiger partial charge in [0.1, 0.15) is 5.75 Å². The summed E-state index contributed by atoms with van der Waals surface area (Å²) in [7, 11) is 0. The Kier molecular flexibility index (Phi) is 14.4. The van der Waals surface area contributed by atoms with E-state index in [0.717, 1.165) is 28.6 Å². The highest BCUT2D eigenvalue weighted by Crippen LogP contribution is 2.37. The van der Waals surface area contributed by atoms with E-state index in [1.54, 1.807) is 6.07 Å². The van der Waals surface area contributed by atoms with Gasteiger partial charge in [-0.3, -0.25) is 4.90 Å². The largest absolute Gasteiger partial charge is 0.493 e. The molecule has 0 heterocycles. The third-order valence-corrected chi connectivity index (χ3v) is 8.52. The quantitative estimate of drug-likeness (QED) is 0.142. The molecule has 242 valence electrons. The molecule has 4 aromatic rings. The number of nitrogens with zero attached hydrogens (tertiary/aromatic N) is 1. The number of anilines is 1. The lowest BCUT2D eigenvalue weighted by atomic mass is 9.90. The maximum absolute atomic E-state index is 13.7. The standard InChI is InChI=1S/C36H38ClF3N2O.2ClH/c37-35-29(16-9-21-34(35)36(38,39)40)25-42(26-33(27-12-3-1-4-13-27)28-14-5-2-6-15-28)22-11-23-43-32-20-10-19-31(24-32)41-30-17-7-8-18-30;;/h1-6,9-10,12-16,19-21,24,30,33,41H,7-8,11,17-18,22-23,25-26H2;2*1H. The number of benzene rings is 4. The van der Waals surface area contributed by atoms with Crippen molar-refractivity contribution in [3.05, 3.63) is 130 Å². The zero-order valence-corrected chi connectivity index (χ0v) is 27.4. The Morgan fingerprint density at radius 3 is 2.07 bits per heavy atom. The van der Waals surface area contributed by atoms with Gasteiger partial charge < -0.3 is 10.1 Å². The number of ether oxygens (including phenoxy) is 1. The zero-order valence-electron chi connectivity index (χ0n) is 25.0. The summed E-state index contributed by atoms with van der Waals surface area (Å²) < 4.78 is 47.1. The first-order valence-electron chi connectivity index (χ1n) is 15.0. The number of nitrogens with one attached hydrogen (secondary N) is 1. The van der Waals surface area contributed by atoms with Gasteiger partial charge in [-0.1, -0.05) is 103 Å². The molecule has 1 saturated carbocycles. The van der Waals surface area contributed by atoms with Crippen molar-refractivity contribution in [1.82, 2.24) is 4.90 Å². The van der Waals surface area contributed by atoms with Gasteiger partial charge in [-0.05, 0) is 54.2 Å². The molecule has 1 aliphatic carbocycles. The second-order valence-electron chi connectivity index (χ2n) is 11.2. The molecule has 0 amide bonds. The van der Waals surface area contributed by atoms with Gasteiger partial charge in [0.15, 0.2) is 0 Å². The fraction of sp³-hybridized carbons (Fsp3) is 0.333. The molecule has 3 nitrogen and oxygen atoms in total. The normalized spacial score (nSPS) is 13.4. The molecule has 0 unspecified atom stereocenters. The van der Waals surface area contributed by atoms with E-state index in [0.29, 0.717) is 44.3 Å². The first-order chi connectivity index (χ1) is 20.9. The van der Waals surface area contributed by atoms with E-state index in [9.17, 15) is 13.2 Å². The van der Waals surface area contributed by atoms with E-state index in [2.05, 4.69) is 40.5 Å². The molecule has 45 heavy (non-hydrogen) atoms. The van der Waals surface area contributed by atoms with Crippen LogP contribution in [0.5, 0.6) is 5.75 Å². The minimum Gasteiger partial charge on any atom is -0.493 e. The maximum Gasteiger partial charge on any atom is 0.417 e. The van der Waals surface area contributed by atoms with Crippen molar-refractivity contribution in [1.29, 1.82) is 0 Å². The van der Waals surface area contributed by atoms with Crippen LogP contribution in [0, 0.1) is 0 Å². The Hall–Kier alpha value is -2.90. The van der Waals surface area contributed by atoms with Crippen molar-refractivity contribution in [3.8, 4) is 5.75 Å². The van der Waals surface area contributed by atoms with E-state index >= 15 is 0 Å². The van der Waals surface area contributed by atoms with Crippen LogP contribution < -0.4 is 10.1 Å². The van der Waals surface area contributed by atoms with Gasteiger partial charge in [-0.2, -0.15) is 13.2 Å². The average molecular weight is 680 g/mol. The second kappa shape index (κ2) is 17.7. The topological polar surface area (TPSA) is 24.5 Å². The molecule has 4 aromatic carbocycles. The Morgan fingerprint density at radius 1 is 0.822 bits per heavy atom. The van der Waals surface area contributed by atoms with Gasteiger partial charge in [0.05, 0.1) is 17.2 Å². The summed E-state index contributed by atoms with van der Waals surface area (Å²) in [6.45, 7) is 2.02. The van der Waals surface area contributed by atoms with Crippen LogP contribution in [0.2, 0.25) is 5.02 Å². The smallest absolute Gasteiger partial charge is 0.417 e. The van der Waals surface area contributed by atoms with Gasteiger partial charge >= 0.3 is 6.18 Å². The van der Waals surface area contributed by atoms with Crippen LogP contribution in [0.3, 0.4) is 0 Å². The monoisotopic (exact) mass is 678 g/mol. The van der Waals surface area contributed by atoms with Gasteiger partial charge in [0.25, 0.3) is 0 Å². The van der Waals surface area contributed by atoms with Crippen LogP contribution in [0.4, 0.5) is 18.9 Å². The lowest BCUT2D eigenvalue weighted by Gasteiger charge is -2.29. The number of alkyl halides is 3. The van der Waals surface area contributed by atoms with Crippen molar-refractivity contribution < 1.29 is 17.9 Å². The number of rotatable bonds is 13. The Morgan fingerprint density at radius 2 is 1.44 bits per heavy atom. The molecule has 0 aliphatic heterocycles. The summed E-state index contributed by atoms with van der Waals surface area (Å²) in [5, 5.41) is 3.37. The zero-order chi connectivity index (χ0) is 30.1. The lowest BCUT2D eigenvalue weighted by Crippen LogP contribution is -2.31. The highest BCUT2D eigenvalue weighted by atomic mass is 35.5. The lowest BCUT2D eigenvalue weighted by molar-refractivity contribution is -0.137. The molecular formula is C36H40Cl3F3N2O. The molecule has 0 spiro atoms. The Balaban J connectivity index is 0.00000276. The summed E-state index contributed by atoms with van der Waals surface area (Å²) in [6, 6.07) is 33.2. The highest BCUT2D eigenvalue weighted by Gasteiger charge is 2.34. The molecule has 5 rings (SSSR count). The van der Waals surface area contributed by atoms with Gasteiger partial charge in [0, 0.05) is 43.3 Å². The Bertz CT molecular complexity index is 1400. The molecule has 0 bridgehead atoms. The minimum absolute atomic E-state index is 0. The highest BCUT2D eigenvalue weighted by molar-refractivity contribution is 6.32. The van der Waals surface area contributed by atoms with E-state index in [-0.39, 0.29) is 35.8 Å². The molecule has 0 atom stereocenters. The summed E-state index contributed by atoms with van der Waals surface area (Å²) in [5.41, 5.74) is 3.03. The minimum atomic E-state index is -4.51. The SMILES string of the molecule is Cl.Cl.FC(F)(F)c1cccc(CN(CCCOc2cccc(NC3CCCC3)c2)CC(c2ccccc2)c2ccccc2)c1Cl. The second-order valence-corrected chi connectivity index (χ2v) is 11.6. The van der Waals surface area contributed by atoms with Crippen LogP contribution in [-0.2, 0) is 12.7 Å². The van der Waals surface area contributed by atoms with E-state index in [1.807, 2.05) is 54.6 Å². The summed E-state index contributed by atoms with van der Waals surface area (Å²) >= 11 is 6.35. The number of hydrogen-bond acceptors (Lipinski definition) is 3. The molecular weight excluding hydrogens is 640 g/mol. The van der Waals surface area contributed by atoms with Crippen molar-refractivity contribution >= 4 is 42.1 Å². The van der Waals surface area contributed by atoms with Crippen molar-refractivity contribution in [2.45, 2.75) is 56.8 Å². The third kappa shape index (κ3) is 10.6. The summed E-state index contributed by atoms with van der Waals surface area (Å²) in [6.07, 6.45) is 1.13. The first kappa shape index (κ1) is 36.6. The summed E-state index contributed by atoms with van der Waals surface area (Å²) in [4.78, 5) is 2.19. The van der Waals surface area contributed by atoms with Crippen molar-refractivity contribution in [3.63, 3.8) is 0 Å². The number of halogens is 6. The molecule has 0 saturated heterocycles. The van der Waals surface area contributed by atoms with Gasteiger partial charge in [0.2, 0.25) is 0 Å². The summed E-state index contributed by atoms with van der Waals surface area (Å²) in [5.74, 6) is 0.841. The van der Waals surface area contributed by atoms with Gasteiger partial charge in [-0.25, -0.2) is 0 Å². The molecule has 1 N–H and O–H groups in total. The molecule has 0 radical (unpaired) electrons. The maximum atomic E-state index is 13.7. The molecule has 1 aliphatic rings. The van der Waals surface area contributed by atoms with E-state index in [4.69, 9.17) is 16.3 Å².